The molecule has 0 aliphatic heterocycles. The molecular weight excluding hydrogens is 314 g/mol. The van der Waals surface area contributed by atoms with E-state index in [1.54, 1.807) is 6.07 Å². The van der Waals surface area contributed by atoms with Gasteiger partial charge in [0.05, 0.1) is 9.40 Å². The number of hydrogen-bond donors (Lipinski definition) is 2. The summed E-state index contributed by atoms with van der Waals surface area (Å²) in [5, 5.41) is 13.4. The lowest BCUT2D eigenvalue weighted by molar-refractivity contribution is -0.385. The number of carbonyl (C=O) groups excluding carboxylic acids is 1. The molecule has 1 aromatic carbocycles. The van der Waals surface area contributed by atoms with E-state index in [2.05, 4.69) is 21.2 Å². The predicted molar refractivity (Wildman–Crippen MR) is 76.9 cm³/mol. The van der Waals surface area contributed by atoms with Gasteiger partial charge in [-0.25, -0.2) is 0 Å². The maximum absolute atomic E-state index is 11.7. The molecule has 0 spiro atoms. The van der Waals surface area contributed by atoms with Crippen LogP contribution < -0.4 is 11.1 Å². The zero-order chi connectivity index (χ0) is 14.6. The lowest BCUT2D eigenvalue weighted by atomic mass is 10.00. The van der Waals surface area contributed by atoms with Gasteiger partial charge in [0.25, 0.3) is 5.69 Å². The van der Waals surface area contributed by atoms with Gasteiger partial charge in [0.15, 0.2) is 0 Å². The van der Waals surface area contributed by atoms with Gasteiger partial charge in [0.1, 0.15) is 0 Å². The third-order valence-electron chi connectivity index (χ3n) is 2.42. The summed E-state index contributed by atoms with van der Waals surface area (Å²) in [5.41, 5.74) is 5.68. The number of nitro groups is 1. The van der Waals surface area contributed by atoms with Gasteiger partial charge >= 0.3 is 0 Å². The first-order chi connectivity index (χ1) is 8.69. The molecule has 0 bridgehead atoms. The lowest BCUT2D eigenvalue weighted by Crippen LogP contribution is -2.33. The zero-order valence-electron chi connectivity index (χ0n) is 10.8. The first-order valence-corrected chi connectivity index (χ1v) is 6.51. The normalized spacial score (nSPS) is 11.2. The van der Waals surface area contributed by atoms with Gasteiger partial charge in [-0.1, -0.05) is 0 Å². The van der Waals surface area contributed by atoms with E-state index in [-0.39, 0.29) is 18.0 Å². The molecule has 0 atom stereocenters. The van der Waals surface area contributed by atoms with E-state index in [1.807, 2.05) is 13.8 Å². The minimum absolute atomic E-state index is 0.0862. The van der Waals surface area contributed by atoms with Crippen molar-refractivity contribution in [3.8, 4) is 0 Å². The Morgan fingerprint density at radius 2 is 2.16 bits per heavy atom. The van der Waals surface area contributed by atoms with Crippen molar-refractivity contribution in [3.05, 3.63) is 32.8 Å². The molecule has 3 N–H and O–H groups in total. The second-order valence-electron chi connectivity index (χ2n) is 4.96. The largest absolute Gasteiger partial charge is 0.326 e. The van der Waals surface area contributed by atoms with Gasteiger partial charge in [-0.2, -0.15) is 0 Å². The number of nitrogens with two attached hydrogens (primary N) is 1. The fourth-order valence-electron chi connectivity index (χ4n) is 1.39. The Morgan fingerprint density at radius 3 is 2.68 bits per heavy atom. The van der Waals surface area contributed by atoms with Crippen LogP contribution in [0.5, 0.6) is 0 Å². The summed E-state index contributed by atoms with van der Waals surface area (Å²) < 4.78 is 0.374. The summed E-state index contributed by atoms with van der Waals surface area (Å²) in [4.78, 5) is 21.9. The van der Waals surface area contributed by atoms with Crippen LogP contribution >= 0.6 is 15.9 Å². The van der Waals surface area contributed by atoms with Crippen LogP contribution in [0.25, 0.3) is 0 Å². The van der Waals surface area contributed by atoms with Crippen LogP contribution in [0.1, 0.15) is 26.7 Å². The van der Waals surface area contributed by atoms with E-state index in [1.165, 1.54) is 12.1 Å². The Bertz CT molecular complexity index is 497. The number of nitro benzene ring substituents is 1. The van der Waals surface area contributed by atoms with Crippen LogP contribution in [0.2, 0.25) is 0 Å². The number of rotatable bonds is 5. The zero-order valence-corrected chi connectivity index (χ0v) is 12.4. The average molecular weight is 330 g/mol. The summed E-state index contributed by atoms with van der Waals surface area (Å²) in [6, 6.07) is 4.44. The molecule has 0 radical (unpaired) electrons. The Balaban J connectivity index is 2.70. The Kier molecular flexibility index (Phi) is 5.02. The molecule has 0 aromatic heterocycles. The van der Waals surface area contributed by atoms with E-state index < -0.39 is 10.5 Å². The molecule has 0 aliphatic rings. The smallest absolute Gasteiger partial charge is 0.285 e. The number of anilines is 1. The molecule has 1 aromatic rings. The van der Waals surface area contributed by atoms with Gasteiger partial charge in [-0.05, 0) is 48.3 Å². The van der Waals surface area contributed by atoms with E-state index in [0.717, 1.165) is 0 Å². The highest BCUT2D eigenvalue weighted by atomic mass is 79.9. The van der Waals surface area contributed by atoms with Crippen molar-refractivity contribution in [2.45, 2.75) is 32.2 Å². The fourth-order valence-corrected chi connectivity index (χ4v) is 1.78. The van der Waals surface area contributed by atoms with Gasteiger partial charge < -0.3 is 11.1 Å². The molecule has 104 valence electrons. The minimum Gasteiger partial charge on any atom is -0.326 e. The first-order valence-electron chi connectivity index (χ1n) is 5.72. The van der Waals surface area contributed by atoms with Crippen molar-refractivity contribution in [1.29, 1.82) is 0 Å². The molecule has 19 heavy (non-hydrogen) atoms. The molecule has 0 unspecified atom stereocenters. The standard InChI is InChI=1S/C12H16BrN3O3/c1-12(2,14)6-5-11(17)15-8-3-4-9(13)10(7-8)16(18)19/h3-4,7H,5-6,14H2,1-2H3,(H,15,17). The predicted octanol–water partition coefficient (Wildman–Crippen LogP) is 2.81. The van der Waals surface area contributed by atoms with Gasteiger partial charge in [0, 0.05) is 23.7 Å². The van der Waals surface area contributed by atoms with Crippen LogP contribution in [-0.4, -0.2) is 16.4 Å². The SMILES string of the molecule is CC(C)(N)CCC(=O)Nc1ccc(Br)c([N+](=O)[O-])c1. The topological polar surface area (TPSA) is 98.3 Å². The van der Waals surface area contributed by atoms with Crippen molar-refractivity contribution in [3.63, 3.8) is 0 Å². The van der Waals surface area contributed by atoms with Crippen LogP contribution in [0.3, 0.4) is 0 Å². The second-order valence-corrected chi connectivity index (χ2v) is 5.81. The number of hydrogen-bond acceptors (Lipinski definition) is 4. The Labute approximate surface area is 119 Å². The van der Waals surface area contributed by atoms with Gasteiger partial charge in [-0.15, -0.1) is 0 Å². The number of benzene rings is 1. The molecule has 0 saturated heterocycles. The molecule has 0 fully saturated rings. The summed E-state index contributed by atoms with van der Waals surface area (Å²) in [5.74, 6) is -0.213. The highest BCUT2D eigenvalue weighted by Gasteiger charge is 2.15. The van der Waals surface area contributed by atoms with Gasteiger partial charge in [-0.3, -0.25) is 14.9 Å². The minimum atomic E-state index is -0.511. The summed E-state index contributed by atoms with van der Waals surface area (Å²) >= 11 is 3.08. The molecule has 1 rings (SSSR count). The molecule has 0 aliphatic carbocycles. The third kappa shape index (κ3) is 5.35. The van der Waals surface area contributed by atoms with Crippen molar-refractivity contribution in [2.75, 3.05) is 5.32 Å². The highest BCUT2D eigenvalue weighted by molar-refractivity contribution is 9.10. The van der Waals surface area contributed by atoms with Crippen LogP contribution in [0.15, 0.2) is 22.7 Å². The molecule has 6 nitrogen and oxygen atoms in total. The van der Waals surface area contributed by atoms with Crippen molar-refractivity contribution >= 4 is 33.2 Å². The summed E-state index contributed by atoms with van der Waals surface area (Å²) in [7, 11) is 0. The molecule has 0 saturated carbocycles. The number of amides is 1. The van der Waals surface area contributed by atoms with Crippen molar-refractivity contribution < 1.29 is 9.72 Å². The Morgan fingerprint density at radius 1 is 1.53 bits per heavy atom. The highest BCUT2D eigenvalue weighted by Crippen LogP contribution is 2.27. The van der Waals surface area contributed by atoms with Crippen molar-refractivity contribution in [2.24, 2.45) is 5.73 Å². The first kappa shape index (κ1) is 15.6. The monoisotopic (exact) mass is 329 g/mol. The van der Waals surface area contributed by atoms with Crippen LogP contribution in [0, 0.1) is 10.1 Å². The molecule has 0 heterocycles. The quantitative estimate of drug-likeness (QED) is 0.640. The fraction of sp³-hybridized carbons (Fsp3) is 0.417. The number of nitrogens with one attached hydrogen (secondary N) is 1. The summed E-state index contributed by atoms with van der Waals surface area (Å²) in [6.07, 6.45) is 0.810. The lowest BCUT2D eigenvalue weighted by Gasteiger charge is -2.17. The molecular formula is C12H16BrN3O3. The molecule has 7 heteroatoms. The van der Waals surface area contributed by atoms with Crippen LogP contribution in [0.4, 0.5) is 11.4 Å². The molecule has 1 amide bonds. The van der Waals surface area contributed by atoms with E-state index in [0.29, 0.717) is 16.6 Å². The van der Waals surface area contributed by atoms with E-state index >= 15 is 0 Å². The number of nitrogens with zero attached hydrogens (tertiary/aromatic N) is 1. The summed E-state index contributed by atoms with van der Waals surface area (Å²) in [6.45, 7) is 3.68. The van der Waals surface area contributed by atoms with Crippen LogP contribution in [-0.2, 0) is 4.79 Å². The van der Waals surface area contributed by atoms with E-state index in [4.69, 9.17) is 5.73 Å². The van der Waals surface area contributed by atoms with Gasteiger partial charge in [0.2, 0.25) is 5.91 Å². The number of carbonyl (C=O) groups is 1. The average Bonchev–Trinajstić information content (AvgIpc) is 2.28. The maximum Gasteiger partial charge on any atom is 0.285 e. The third-order valence-corrected chi connectivity index (χ3v) is 3.09. The number of halogens is 1. The Hall–Kier alpha value is -1.47. The maximum atomic E-state index is 11.7. The van der Waals surface area contributed by atoms with Crippen molar-refractivity contribution in [1.82, 2.24) is 0 Å². The van der Waals surface area contributed by atoms with E-state index in [9.17, 15) is 14.9 Å². The second kappa shape index (κ2) is 6.12.